The van der Waals surface area contributed by atoms with Crippen LogP contribution in [0.25, 0.3) is 0 Å². The van der Waals surface area contributed by atoms with Crippen LogP contribution in [0.2, 0.25) is 0 Å². The zero-order chi connectivity index (χ0) is 17.7. The SMILES string of the molecule is CC[C@@H](Oc1cccc(C)c1)C(=O)N[C@H](C)c1cc(C)ccc1C. The maximum atomic E-state index is 12.6. The van der Waals surface area contributed by atoms with E-state index in [-0.39, 0.29) is 11.9 Å². The van der Waals surface area contributed by atoms with Gasteiger partial charge in [0, 0.05) is 0 Å². The molecule has 0 aromatic heterocycles. The average Bonchev–Trinajstić information content (AvgIpc) is 2.54. The van der Waals surface area contributed by atoms with Gasteiger partial charge in [-0.1, -0.05) is 42.8 Å². The lowest BCUT2D eigenvalue weighted by Crippen LogP contribution is -2.39. The van der Waals surface area contributed by atoms with Crippen molar-refractivity contribution in [3.05, 3.63) is 64.7 Å². The Labute approximate surface area is 145 Å². The highest BCUT2D eigenvalue weighted by Crippen LogP contribution is 2.20. The molecule has 2 atom stereocenters. The molecule has 0 aliphatic rings. The number of carbonyl (C=O) groups excluding carboxylic acids is 1. The number of carbonyl (C=O) groups is 1. The smallest absolute Gasteiger partial charge is 0.261 e. The van der Waals surface area contributed by atoms with E-state index in [9.17, 15) is 4.79 Å². The van der Waals surface area contributed by atoms with Gasteiger partial charge in [0.25, 0.3) is 5.91 Å². The molecule has 1 N–H and O–H groups in total. The number of nitrogens with one attached hydrogen (secondary N) is 1. The summed E-state index contributed by atoms with van der Waals surface area (Å²) in [6, 6.07) is 14.0. The van der Waals surface area contributed by atoms with Crippen LogP contribution in [0.4, 0.5) is 0 Å². The van der Waals surface area contributed by atoms with Crippen molar-refractivity contribution in [1.82, 2.24) is 5.32 Å². The third kappa shape index (κ3) is 4.60. The van der Waals surface area contributed by atoms with E-state index in [1.807, 2.05) is 45.0 Å². The van der Waals surface area contributed by atoms with Crippen LogP contribution in [0, 0.1) is 20.8 Å². The van der Waals surface area contributed by atoms with Crippen molar-refractivity contribution in [2.45, 2.75) is 53.2 Å². The minimum absolute atomic E-state index is 0.0486. The van der Waals surface area contributed by atoms with Gasteiger partial charge >= 0.3 is 0 Å². The van der Waals surface area contributed by atoms with Gasteiger partial charge in [-0.3, -0.25) is 4.79 Å². The van der Waals surface area contributed by atoms with Crippen molar-refractivity contribution >= 4 is 5.91 Å². The highest BCUT2D eigenvalue weighted by molar-refractivity contribution is 5.81. The van der Waals surface area contributed by atoms with Crippen molar-refractivity contribution in [2.24, 2.45) is 0 Å². The fourth-order valence-electron chi connectivity index (χ4n) is 2.79. The first-order chi connectivity index (χ1) is 11.4. The summed E-state index contributed by atoms with van der Waals surface area (Å²) < 4.78 is 5.88. The summed E-state index contributed by atoms with van der Waals surface area (Å²) in [7, 11) is 0. The summed E-state index contributed by atoms with van der Waals surface area (Å²) in [5.41, 5.74) is 4.64. The molecule has 1 amide bonds. The normalized spacial score (nSPS) is 13.2. The van der Waals surface area contributed by atoms with Gasteiger partial charge in [-0.15, -0.1) is 0 Å². The molecule has 3 nitrogen and oxygen atoms in total. The topological polar surface area (TPSA) is 38.3 Å². The molecule has 2 rings (SSSR count). The van der Waals surface area contributed by atoms with Gasteiger partial charge in [-0.05, 0) is 62.9 Å². The average molecular weight is 325 g/mol. The molecule has 128 valence electrons. The fourth-order valence-corrected chi connectivity index (χ4v) is 2.79. The molecule has 24 heavy (non-hydrogen) atoms. The first-order valence-electron chi connectivity index (χ1n) is 8.51. The summed E-state index contributed by atoms with van der Waals surface area (Å²) in [6.45, 7) is 10.1. The van der Waals surface area contributed by atoms with Crippen LogP contribution in [0.1, 0.15) is 48.6 Å². The highest BCUT2D eigenvalue weighted by atomic mass is 16.5. The molecule has 2 aromatic carbocycles. The van der Waals surface area contributed by atoms with E-state index < -0.39 is 6.10 Å². The van der Waals surface area contributed by atoms with Gasteiger partial charge in [-0.2, -0.15) is 0 Å². The minimum Gasteiger partial charge on any atom is -0.481 e. The molecule has 0 spiro atoms. The molecule has 0 bridgehead atoms. The minimum atomic E-state index is -0.487. The Hall–Kier alpha value is -2.29. The van der Waals surface area contributed by atoms with E-state index in [2.05, 4.69) is 37.4 Å². The number of ether oxygens (including phenoxy) is 1. The monoisotopic (exact) mass is 325 g/mol. The van der Waals surface area contributed by atoms with Gasteiger partial charge in [-0.25, -0.2) is 0 Å². The molecule has 0 saturated carbocycles. The Balaban J connectivity index is 2.07. The summed E-state index contributed by atoms with van der Waals surface area (Å²) in [5.74, 6) is 0.656. The van der Waals surface area contributed by atoms with Crippen LogP contribution in [0.5, 0.6) is 5.75 Å². The van der Waals surface area contributed by atoms with Crippen molar-refractivity contribution in [3.63, 3.8) is 0 Å². The summed E-state index contributed by atoms with van der Waals surface area (Å²) in [5, 5.41) is 3.09. The first kappa shape index (κ1) is 18.1. The molecular weight excluding hydrogens is 298 g/mol. The molecule has 0 saturated heterocycles. The zero-order valence-corrected chi connectivity index (χ0v) is 15.2. The lowest BCUT2D eigenvalue weighted by atomic mass is 10.00. The second-order valence-electron chi connectivity index (χ2n) is 6.42. The Morgan fingerprint density at radius 3 is 2.46 bits per heavy atom. The summed E-state index contributed by atoms with van der Waals surface area (Å²) in [4.78, 5) is 12.6. The van der Waals surface area contributed by atoms with Crippen LogP contribution in [0.15, 0.2) is 42.5 Å². The van der Waals surface area contributed by atoms with E-state index in [0.29, 0.717) is 6.42 Å². The molecule has 0 radical (unpaired) electrons. The predicted molar refractivity (Wildman–Crippen MR) is 98.4 cm³/mol. The van der Waals surface area contributed by atoms with Crippen LogP contribution in [0.3, 0.4) is 0 Å². The molecule has 0 fully saturated rings. The maximum Gasteiger partial charge on any atom is 0.261 e. The van der Waals surface area contributed by atoms with E-state index >= 15 is 0 Å². The summed E-state index contributed by atoms with van der Waals surface area (Å²) >= 11 is 0. The lowest BCUT2D eigenvalue weighted by molar-refractivity contribution is -0.128. The van der Waals surface area contributed by atoms with E-state index in [1.165, 1.54) is 11.1 Å². The van der Waals surface area contributed by atoms with E-state index in [0.717, 1.165) is 16.9 Å². The Bertz CT molecular complexity index is 709. The largest absolute Gasteiger partial charge is 0.481 e. The van der Waals surface area contributed by atoms with Crippen molar-refractivity contribution < 1.29 is 9.53 Å². The molecule has 0 aliphatic heterocycles. The van der Waals surface area contributed by atoms with E-state index in [4.69, 9.17) is 4.74 Å². The molecule has 0 heterocycles. The second-order valence-corrected chi connectivity index (χ2v) is 6.42. The third-order valence-corrected chi connectivity index (χ3v) is 4.19. The zero-order valence-electron chi connectivity index (χ0n) is 15.2. The molecule has 0 aliphatic carbocycles. The standard InChI is InChI=1S/C21H27NO2/c1-6-20(24-18-9-7-8-14(2)12-18)21(23)22-17(5)19-13-15(3)10-11-16(19)4/h7-13,17,20H,6H2,1-5H3,(H,22,23)/t17-,20-/m1/s1. The second kappa shape index (κ2) is 8.00. The molecule has 2 aromatic rings. The summed E-state index contributed by atoms with van der Waals surface area (Å²) in [6.07, 6.45) is 0.138. The number of benzene rings is 2. The Morgan fingerprint density at radius 2 is 1.79 bits per heavy atom. The van der Waals surface area contributed by atoms with Crippen molar-refractivity contribution in [2.75, 3.05) is 0 Å². The van der Waals surface area contributed by atoms with Gasteiger partial charge < -0.3 is 10.1 Å². The molecular formula is C21H27NO2. The van der Waals surface area contributed by atoms with Crippen LogP contribution >= 0.6 is 0 Å². The Morgan fingerprint density at radius 1 is 1.08 bits per heavy atom. The van der Waals surface area contributed by atoms with E-state index in [1.54, 1.807) is 0 Å². The predicted octanol–water partition coefficient (Wildman–Crippen LogP) is 4.65. The number of amides is 1. The van der Waals surface area contributed by atoms with Gasteiger partial charge in [0.15, 0.2) is 6.10 Å². The Kier molecular flexibility index (Phi) is 6.02. The van der Waals surface area contributed by atoms with Crippen LogP contribution in [-0.2, 0) is 4.79 Å². The van der Waals surface area contributed by atoms with Gasteiger partial charge in [0.2, 0.25) is 0 Å². The number of hydrogen-bond donors (Lipinski definition) is 1. The fraction of sp³-hybridized carbons (Fsp3) is 0.381. The number of aryl methyl sites for hydroxylation is 3. The quantitative estimate of drug-likeness (QED) is 0.840. The lowest BCUT2D eigenvalue weighted by Gasteiger charge is -2.22. The number of hydrogen-bond acceptors (Lipinski definition) is 2. The molecule has 0 unspecified atom stereocenters. The van der Waals surface area contributed by atoms with Crippen LogP contribution < -0.4 is 10.1 Å². The highest BCUT2D eigenvalue weighted by Gasteiger charge is 2.21. The maximum absolute atomic E-state index is 12.6. The molecule has 3 heteroatoms. The van der Waals surface area contributed by atoms with Crippen molar-refractivity contribution in [1.29, 1.82) is 0 Å². The van der Waals surface area contributed by atoms with Gasteiger partial charge in [0.05, 0.1) is 6.04 Å². The van der Waals surface area contributed by atoms with Gasteiger partial charge in [0.1, 0.15) is 5.75 Å². The first-order valence-corrected chi connectivity index (χ1v) is 8.51. The number of rotatable bonds is 6. The van der Waals surface area contributed by atoms with Crippen LogP contribution in [-0.4, -0.2) is 12.0 Å². The third-order valence-electron chi connectivity index (χ3n) is 4.19. The van der Waals surface area contributed by atoms with Crippen molar-refractivity contribution in [3.8, 4) is 5.75 Å².